The minimum atomic E-state index is -0.210. The molecule has 25 heavy (non-hydrogen) atoms. The van der Waals surface area contributed by atoms with Crippen molar-refractivity contribution in [3.05, 3.63) is 35.9 Å². The number of carbonyl (C=O) groups is 1. The molecule has 0 unspecified atom stereocenters. The molecule has 1 fully saturated rings. The number of aromatic nitrogens is 3. The second-order valence-corrected chi connectivity index (χ2v) is 6.44. The highest BCUT2D eigenvalue weighted by Gasteiger charge is 2.32. The summed E-state index contributed by atoms with van der Waals surface area (Å²) < 4.78 is 12.6. The SMILES string of the molecule is C[C@@H](NC(=O)N1CCC[C@H]1c1ccc2c(c1)OCO2)c1nncn1C. The average Bonchev–Trinajstić information content (AvgIpc) is 3.33. The van der Waals surface area contributed by atoms with Gasteiger partial charge in [-0.05, 0) is 37.5 Å². The number of hydrogen-bond donors (Lipinski definition) is 1. The van der Waals surface area contributed by atoms with Gasteiger partial charge in [-0.2, -0.15) is 0 Å². The van der Waals surface area contributed by atoms with Crippen LogP contribution in [0, 0.1) is 0 Å². The number of benzene rings is 1. The van der Waals surface area contributed by atoms with Crippen molar-refractivity contribution < 1.29 is 14.3 Å². The number of rotatable bonds is 3. The van der Waals surface area contributed by atoms with Crippen molar-refractivity contribution in [3.8, 4) is 11.5 Å². The summed E-state index contributed by atoms with van der Waals surface area (Å²) in [6.45, 7) is 2.90. The van der Waals surface area contributed by atoms with Gasteiger partial charge in [-0.1, -0.05) is 6.07 Å². The van der Waals surface area contributed by atoms with Gasteiger partial charge in [0.15, 0.2) is 17.3 Å². The van der Waals surface area contributed by atoms with Gasteiger partial charge in [0, 0.05) is 13.6 Å². The van der Waals surface area contributed by atoms with Gasteiger partial charge in [0.05, 0.1) is 12.1 Å². The highest BCUT2D eigenvalue weighted by molar-refractivity contribution is 5.75. The number of likely N-dealkylation sites (tertiary alicyclic amines) is 1. The number of hydrogen-bond acceptors (Lipinski definition) is 5. The zero-order valence-corrected chi connectivity index (χ0v) is 14.3. The van der Waals surface area contributed by atoms with Gasteiger partial charge in [-0.15, -0.1) is 10.2 Å². The molecule has 0 bridgehead atoms. The average molecular weight is 343 g/mol. The van der Waals surface area contributed by atoms with Gasteiger partial charge >= 0.3 is 6.03 Å². The molecule has 2 aromatic rings. The lowest BCUT2D eigenvalue weighted by Gasteiger charge is -2.27. The monoisotopic (exact) mass is 343 g/mol. The van der Waals surface area contributed by atoms with Gasteiger partial charge in [0.1, 0.15) is 6.33 Å². The maximum Gasteiger partial charge on any atom is 0.318 e. The first-order chi connectivity index (χ1) is 12.1. The number of aryl methyl sites for hydroxylation is 1. The number of amides is 2. The summed E-state index contributed by atoms with van der Waals surface area (Å²) in [6, 6.07) is 5.64. The van der Waals surface area contributed by atoms with E-state index in [4.69, 9.17) is 9.47 Å². The Morgan fingerprint density at radius 2 is 2.20 bits per heavy atom. The quantitative estimate of drug-likeness (QED) is 0.923. The second-order valence-electron chi connectivity index (χ2n) is 6.44. The maximum atomic E-state index is 12.8. The molecule has 1 aromatic heterocycles. The van der Waals surface area contributed by atoms with Crippen LogP contribution in [0.25, 0.3) is 0 Å². The van der Waals surface area contributed by atoms with Crippen molar-refractivity contribution >= 4 is 6.03 Å². The fraction of sp³-hybridized carbons (Fsp3) is 0.471. The van der Waals surface area contributed by atoms with Crippen molar-refractivity contribution in [1.82, 2.24) is 25.0 Å². The summed E-state index contributed by atoms with van der Waals surface area (Å²) in [4.78, 5) is 14.7. The molecule has 0 saturated carbocycles. The smallest absolute Gasteiger partial charge is 0.318 e. The Labute approximate surface area is 145 Å². The molecule has 1 aromatic carbocycles. The molecule has 3 heterocycles. The lowest BCUT2D eigenvalue weighted by molar-refractivity contribution is 0.173. The van der Waals surface area contributed by atoms with Gasteiger partial charge in [-0.25, -0.2) is 4.79 Å². The van der Waals surface area contributed by atoms with Crippen molar-refractivity contribution in [3.63, 3.8) is 0 Å². The van der Waals surface area contributed by atoms with Crippen LogP contribution in [0.4, 0.5) is 4.79 Å². The van der Waals surface area contributed by atoms with Crippen molar-refractivity contribution in [2.24, 2.45) is 7.05 Å². The fourth-order valence-electron chi connectivity index (χ4n) is 3.49. The van der Waals surface area contributed by atoms with E-state index in [1.807, 2.05) is 41.6 Å². The minimum absolute atomic E-state index is 0.0428. The third kappa shape index (κ3) is 2.88. The lowest BCUT2D eigenvalue weighted by Crippen LogP contribution is -2.41. The Bertz CT molecular complexity index is 790. The van der Waals surface area contributed by atoms with Crippen LogP contribution in [-0.4, -0.2) is 39.0 Å². The van der Waals surface area contributed by atoms with Gasteiger partial charge < -0.3 is 24.3 Å². The van der Waals surface area contributed by atoms with Crippen LogP contribution in [0.5, 0.6) is 11.5 Å². The highest BCUT2D eigenvalue weighted by Crippen LogP contribution is 2.38. The van der Waals surface area contributed by atoms with E-state index in [0.29, 0.717) is 0 Å². The summed E-state index contributed by atoms with van der Waals surface area (Å²) in [5.41, 5.74) is 1.07. The number of nitrogens with one attached hydrogen (secondary N) is 1. The van der Waals surface area contributed by atoms with Crippen molar-refractivity contribution in [2.45, 2.75) is 31.8 Å². The molecular weight excluding hydrogens is 322 g/mol. The first-order valence-electron chi connectivity index (χ1n) is 8.44. The summed E-state index contributed by atoms with van der Waals surface area (Å²) in [7, 11) is 1.86. The normalized spacial score (nSPS) is 19.9. The first-order valence-corrected chi connectivity index (χ1v) is 8.44. The minimum Gasteiger partial charge on any atom is -0.454 e. The molecule has 8 heteroatoms. The predicted octanol–water partition coefficient (Wildman–Crippen LogP) is 2.15. The molecule has 2 aliphatic rings. The van der Waals surface area contributed by atoms with E-state index in [2.05, 4.69) is 15.5 Å². The van der Waals surface area contributed by atoms with Crippen LogP contribution in [0.1, 0.15) is 43.2 Å². The van der Waals surface area contributed by atoms with Crippen LogP contribution < -0.4 is 14.8 Å². The number of carbonyl (C=O) groups excluding carboxylic acids is 1. The maximum absolute atomic E-state index is 12.8. The summed E-state index contributed by atoms with van der Waals surface area (Å²) in [5, 5.41) is 11.0. The third-order valence-electron chi connectivity index (χ3n) is 4.77. The molecule has 0 aliphatic carbocycles. The largest absolute Gasteiger partial charge is 0.454 e. The van der Waals surface area contributed by atoms with E-state index in [0.717, 1.165) is 42.3 Å². The van der Waals surface area contributed by atoms with E-state index >= 15 is 0 Å². The number of urea groups is 1. The summed E-state index contributed by atoms with van der Waals surface area (Å²) >= 11 is 0. The molecule has 0 spiro atoms. The van der Waals surface area contributed by atoms with Crippen LogP contribution in [0.3, 0.4) is 0 Å². The van der Waals surface area contributed by atoms with E-state index in [1.54, 1.807) is 6.33 Å². The molecule has 0 radical (unpaired) electrons. The van der Waals surface area contributed by atoms with Crippen LogP contribution in [0.15, 0.2) is 24.5 Å². The topological polar surface area (TPSA) is 81.5 Å². The Morgan fingerprint density at radius 1 is 1.36 bits per heavy atom. The Hall–Kier alpha value is -2.77. The van der Waals surface area contributed by atoms with E-state index in [-0.39, 0.29) is 24.9 Å². The Morgan fingerprint density at radius 3 is 3.00 bits per heavy atom. The standard InChI is InChI=1S/C17H21N5O3/c1-11(16-20-18-9-21(16)2)19-17(23)22-7-3-4-13(22)12-5-6-14-15(8-12)25-10-24-14/h5-6,8-9,11,13H,3-4,7,10H2,1-2H3,(H,19,23)/t11-,13+/m1/s1. The van der Waals surface area contributed by atoms with E-state index < -0.39 is 0 Å². The molecule has 8 nitrogen and oxygen atoms in total. The molecule has 132 valence electrons. The van der Waals surface area contributed by atoms with Crippen LogP contribution in [0.2, 0.25) is 0 Å². The molecule has 2 aliphatic heterocycles. The predicted molar refractivity (Wildman–Crippen MR) is 89.2 cm³/mol. The zero-order valence-electron chi connectivity index (χ0n) is 14.3. The number of ether oxygens (including phenoxy) is 2. The summed E-state index contributed by atoms with van der Waals surface area (Å²) in [5.74, 6) is 2.23. The van der Waals surface area contributed by atoms with E-state index in [9.17, 15) is 4.79 Å². The van der Waals surface area contributed by atoms with Gasteiger partial charge in [-0.3, -0.25) is 0 Å². The van der Waals surface area contributed by atoms with Gasteiger partial charge in [0.25, 0.3) is 0 Å². The van der Waals surface area contributed by atoms with Crippen LogP contribution in [-0.2, 0) is 7.05 Å². The summed E-state index contributed by atoms with van der Waals surface area (Å²) in [6.07, 6.45) is 3.54. The molecule has 2 atom stereocenters. The van der Waals surface area contributed by atoms with Crippen molar-refractivity contribution in [1.29, 1.82) is 0 Å². The van der Waals surface area contributed by atoms with E-state index in [1.165, 1.54) is 0 Å². The first kappa shape index (κ1) is 15.7. The van der Waals surface area contributed by atoms with Crippen molar-refractivity contribution in [2.75, 3.05) is 13.3 Å². The highest BCUT2D eigenvalue weighted by atomic mass is 16.7. The molecular formula is C17H21N5O3. The molecule has 1 N–H and O–H groups in total. The molecule has 2 amide bonds. The van der Waals surface area contributed by atoms with Crippen LogP contribution >= 0.6 is 0 Å². The number of nitrogens with zero attached hydrogens (tertiary/aromatic N) is 4. The zero-order chi connectivity index (χ0) is 17.4. The molecule has 4 rings (SSSR count). The molecule has 1 saturated heterocycles. The lowest BCUT2D eigenvalue weighted by atomic mass is 10.0. The Kier molecular flexibility index (Phi) is 3.95. The van der Waals surface area contributed by atoms with Gasteiger partial charge in [0.2, 0.25) is 6.79 Å². The number of fused-ring (bicyclic) bond motifs is 1. The third-order valence-corrected chi connectivity index (χ3v) is 4.77. The fourth-order valence-corrected chi connectivity index (χ4v) is 3.49. The Balaban J connectivity index is 1.49. The second kappa shape index (κ2) is 6.27.